The summed E-state index contributed by atoms with van der Waals surface area (Å²) in [5, 5.41) is 17.3. The molecule has 0 atom stereocenters. The van der Waals surface area contributed by atoms with Crippen LogP contribution in [0.5, 0.6) is 0 Å². The molecule has 0 aliphatic carbocycles. The van der Waals surface area contributed by atoms with E-state index in [-0.39, 0.29) is 16.9 Å². The number of hydrogen-bond donors (Lipinski definition) is 1. The Balaban J connectivity index is 1.62. The number of nitrogens with zero attached hydrogens (tertiary/aromatic N) is 3. The van der Waals surface area contributed by atoms with Gasteiger partial charge in [0.05, 0.1) is 16.2 Å². The van der Waals surface area contributed by atoms with Crippen molar-refractivity contribution in [2.75, 3.05) is 11.9 Å². The Morgan fingerprint density at radius 3 is 2.68 bits per heavy atom. The topological polar surface area (TPSA) is 137 Å². The van der Waals surface area contributed by atoms with Crippen molar-refractivity contribution in [2.45, 2.75) is 24.5 Å². The van der Waals surface area contributed by atoms with Crippen LogP contribution >= 0.6 is 11.8 Å². The number of nitrogens with one attached hydrogen (secondary N) is 1. The number of carbonyl (C=O) groups is 2. The van der Waals surface area contributed by atoms with Crippen LogP contribution in [0.2, 0.25) is 0 Å². The van der Waals surface area contributed by atoms with Crippen molar-refractivity contribution in [2.24, 2.45) is 0 Å². The zero-order chi connectivity index (χ0) is 22.4. The quantitative estimate of drug-likeness (QED) is 0.239. The van der Waals surface area contributed by atoms with Gasteiger partial charge in [0.1, 0.15) is 5.69 Å². The van der Waals surface area contributed by atoms with Gasteiger partial charge in [-0.1, -0.05) is 29.4 Å². The highest BCUT2D eigenvalue weighted by atomic mass is 32.2. The minimum Gasteiger partial charge on any atom is -0.452 e. The third-order valence-corrected chi connectivity index (χ3v) is 5.13. The average Bonchev–Trinajstić information content (AvgIpc) is 3.17. The summed E-state index contributed by atoms with van der Waals surface area (Å²) in [6.07, 6.45) is 0. The van der Waals surface area contributed by atoms with E-state index in [1.54, 1.807) is 44.2 Å². The number of para-hydroxylation sites is 1. The summed E-state index contributed by atoms with van der Waals surface area (Å²) in [4.78, 5) is 40.0. The maximum atomic E-state index is 12.5. The van der Waals surface area contributed by atoms with E-state index in [9.17, 15) is 19.7 Å². The smallest absolute Gasteiger partial charge is 0.339 e. The predicted molar refractivity (Wildman–Crippen MR) is 112 cm³/mol. The first-order valence-corrected chi connectivity index (χ1v) is 10.1. The van der Waals surface area contributed by atoms with Gasteiger partial charge in [-0.25, -0.2) is 4.79 Å². The van der Waals surface area contributed by atoms with Gasteiger partial charge in [0.25, 0.3) is 11.6 Å². The number of amides is 1. The largest absolute Gasteiger partial charge is 0.452 e. The summed E-state index contributed by atoms with van der Waals surface area (Å²) in [5.41, 5.74) is 0.627. The van der Waals surface area contributed by atoms with Gasteiger partial charge in [0.2, 0.25) is 5.89 Å². The minimum absolute atomic E-state index is 0.0688. The highest BCUT2D eigenvalue weighted by Crippen LogP contribution is 2.28. The highest BCUT2D eigenvalue weighted by molar-refractivity contribution is 7.98. The number of anilines is 1. The zero-order valence-corrected chi connectivity index (χ0v) is 17.5. The predicted octanol–water partition coefficient (Wildman–Crippen LogP) is 3.68. The summed E-state index contributed by atoms with van der Waals surface area (Å²) in [6, 6.07) is 11.2. The van der Waals surface area contributed by atoms with Crippen LogP contribution in [0, 0.1) is 24.0 Å². The molecule has 0 saturated heterocycles. The highest BCUT2D eigenvalue weighted by Gasteiger charge is 2.20. The normalized spacial score (nSPS) is 10.5. The lowest BCUT2D eigenvalue weighted by molar-refractivity contribution is -0.384. The van der Waals surface area contributed by atoms with Crippen LogP contribution in [-0.4, -0.2) is 33.5 Å². The van der Waals surface area contributed by atoms with Gasteiger partial charge < -0.3 is 14.6 Å². The summed E-state index contributed by atoms with van der Waals surface area (Å²) in [5.74, 6) is -0.0766. The van der Waals surface area contributed by atoms with Crippen LogP contribution < -0.4 is 5.32 Å². The fourth-order valence-corrected chi connectivity index (χ4v) is 3.53. The second-order valence-electron chi connectivity index (χ2n) is 6.37. The minimum atomic E-state index is -0.695. The number of aryl methyl sites for hydroxylation is 2. The van der Waals surface area contributed by atoms with Crippen molar-refractivity contribution in [3.8, 4) is 0 Å². The molecule has 11 heteroatoms. The van der Waals surface area contributed by atoms with Crippen LogP contribution in [-0.2, 0) is 15.3 Å². The molecular formula is C20H18N4O6S. The molecule has 31 heavy (non-hydrogen) atoms. The Morgan fingerprint density at radius 1 is 1.19 bits per heavy atom. The van der Waals surface area contributed by atoms with Crippen molar-refractivity contribution in [3.63, 3.8) is 0 Å². The van der Waals surface area contributed by atoms with Crippen molar-refractivity contribution in [1.29, 1.82) is 0 Å². The fraction of sp³-hybridized carbons (Fsp3) is 0.200. The van der Waals surface area contributed by atoms with Gasteiger partial charge in [-0.3, -0.25) is 14.9 Å². The second-order valence-corrected chi connectivity index (χ2v) is 7.39. The molecule has 1 amide bonds. The van der Waals surface area contributed by atoms with E-state index in [1.165, 1.54) is 23.9 Å². The van der Waals surface area contributed by atoms with Gasteiger partial charge in [0.15, 0.2) is 12.4 Å². The molecule has 0 bridgehead atoms. The van der Waals surface area contributed by atoms with Gasteiger partial charge in [-0.05, 0) is 31.5 Å². The second kappa shape index (κ2) is 9.85. The Kier molecular flexibility index (Phi) is 6.98. The summed E-state index contributed by atoms with van der Waals surface area (Å²) >= 11 is 1.31. The summed E-state index contributed by atoms with van der Waals surface area (Å²) < 4.78 is 10.2. The first-order chi connectivity index (χ1) is 14.8. The Bertz CT molecular complexity index is 1130. The van der Waals surface area contributed by atoms with Crippen LogP contribution in [0.4, 0.5) is 11.4 Å². The van der Waals surface area contributed by atoms with Crippen molar-refractivity contribution < 1.29 is 23.8 Å². The number of nitro groups is 1. The lowest BCUT2D eigenvalue weighted by Gasteiger charge is -2.10. The number of carbonyl (C=O) groups excluding carboxylic acids is 2. The molecule has 1 N–H and O–H groups in total. The molecule has 160 valence electrons. The van der Waals surface area contributed by atoms with E-state index in [0.717, 1.165) is 0 Å². The number of hydrogen-bond acceptors (Lipinski definition) is 9. The number of ether oxygens (including phenoxy) is 1. The average molecular weight is 442 g/mol. The lowest BCUT2D eigenvalue weighted by atomic mass is 10.1. The van der Waals surface area contributed by atoms with Crippen molar-refractivity contribution >= 4 is 35.0 Å². The molecule has 1 heterocycles. The first kappa shape index (κ1) is 22.0. The van der Waals surface area contributed by atoms with Gasteiger partial charge in [0, 0.05) is 11.0 Å². The van der Waals surface area contributed by atoms with E-state index < -0.39 is 23.4 Å². The molecule has 0 fully saturated rings. The van der Waals surface area contributed by atoms with E-state index in [1.807, 2.05) is 0 Å². The SMILES string of the molecule is Cc1noc(CSc2ccccc2C(=O)OCC(=O)Nc2c(C)cccc2[N+](=O)[O-])n1. The summed E-state index contributed by atoms with van der Waals surface area (Å²) in [6.45, 7) is 2.75. The van der Waals surface area contributed by atoms with Gasteiger partial charge in [-0.2, -0.15) is 4.98 Å². The van der Waals surface area contributed by atoms with E-state index >= 15 is 0 Å². The molecule has 0 aliphatic rings. The Labute approximate surface area is 181 Å². The van der Waals surface area contributed by atoms with Crippen LogP contribution in [0.15, 0.2) is 51.9 Å². The number of rotatable bonds is 8. The molecule has 0 aliphatic heterocycles. The van der Waals surface area contributed by atoms with Gasteiger partial charge >= 0.3 is 5.97 Å². The third-order valence-electron chi connectivity index (χ3n) is 4.07. The molecule has 2 aromatic carbocycles. The fourth-order valence-electron chi connectivity index (χ4n) is 2.65. The lowest BCUT2D eigenvalue weighted by Crippen LogP contribution is -2.22. The van der Waals surface area contributed by atoms with E-state index in [4.69, 9.17) is 9.26 Å². The van der Waals surface area contributed by atoms with Crippen molar-refractivity contribution in [3.05, 3.63) is 75.4 Å². The molecule has 1 aromatic heterocycles. The molecule has 0 saturated carbocycles. The molecule has 0 unspecified atom stereocenters. The number of nitro benzene ring substituents is 1. The molecular weight excluding hydrogens is 424 g/mol. The molecule has 0 radical (unpaired) electrons. The molecule has 10 nitrogen and oxygen atoms in total. The van der Waals surface area contributed by atoms with Crippen LogP contribution in [0.1, 0.15) is 27.6 Å². The number of benzene rings is 2. The molecule has 3 rings (SSSR count). The van der Waals surface area contributed by atoms with Crippen LogP contribution in [0.25, 0.3) is 0 Å². The van der Waals surface area contributed by atoms with Gasteiger partial charge in [-0.15, -0.1) is 11.8 Å². The number of esters is 1. The Hall–Kier alpha value is -3.73. The van der Waals surface area contributed by atoms with E-state index in [0.29, 0.717) is 27.9 Å². The number of thioether (sulfide) groups is 1. The number of aromatic nitrogens is 2. The monoisotopic (exact) mass is 442 g/mol. The Morgan fingerprint density at radius 2 is 1.97 bits per heavy atom. The maximum Gasteiger partial charge on any atom is 0.339 e. The van der Waals surface area contributed by atoms with E-state index in [2.05, 4.69) is 15.5 Å². The first-order valence-electron chi connectivity index (χ1n) is 9.07. The molecule has 0 spiro atoms. The standard InChI is InChI=1S/C20H18N4O6S/c1-12-6-5-8-15(24(27)28)19(12)22-17(25)10-29-20(26)14-7-3-4-9-16(14)31-11-18-21-13(2)23-30-18/h3-9H,10-11H2,1-2H3,(H,22,25). The summed E-state index contributed by atoms with van der Waals surface area (Å²) in [7, 11) is 0. The van der Waals surface area contributed by atoms with Crippen molar-refractivity contribution in [1.82, 2.24) is 10.1 Å². The zero-order valence-electron chi connectivity index (χ0n) is 16.7. The van der Waals surface area contributed by atoms with Crippen LogP contribution in [0.3, 0.4) is 0 Å². The molecule has 3 aromatic rings. The third kappa shape index (κ3) is 5.66. The maximum absolute atomic E-state index is 12.5.